The van der Waals surface area contributed by atoms with E-state index < -0.39 is 0 Å². The molecule has 0 unspecified atom stereocenters. The number of amides is 1. The van der Waals surface area contributed by atoms with Crippen LogP contribution in [-0.2, 0) is 6.54 Å². The summed E-state index contributed by atoms with van der Waals surface area (Å²) >= 11 is 1.32. The van der Waals surface area contributed by atoms with Crippen LogP contribution in [0, 0.1) is 6.92 Å². The van der Waals surface area contributed by atoms with Gasteiger partial charge in [0.1, 0.15) is 0 Å². The van der Waals surface area contributed by atoms with Gasteiger partial charge in [-0.1, -0.05) is 6.58 Å². The summed E-state index contributed by atoms with van der Waals surface area (Å²) in [6.07, 6.45) is 4.90. The van der Waals surface area contributed by atoms with Crippen LogP contribution >= 0.6 is 11.3 Å². The number of thiophene rings is 1. The third-order valence-electron chi connectivity index (χ3n) is 4.89. The van der Waals surface area contributed by atoms with Gasteiger partial charge >= 0.3 is 169 Å². The van der Waals surface area contributed by atoms with Crippen molar-refractivity contribution in [2.45, 2.75) is 13.5 Å². The zero-order valence-corrected chi connectivity index (χ0v) is 19.5. The molecule has 0 atom stereocenters. The van der Waals surface area contributed by atoms with Gasteiger partial charge in [0.05, 0.1) is 0 Å². The van der Waals surface area contributed by atoms with E-state index in [0.717, 1.165) is 27.4 Å². The standard InChI is InChI=1S/C25H26BN4O2S/c1-4-30(14-13-27)16-18-5-7-19(8-6-18)28-25(31)23-12-11-22(33-23)24(26)29-21-10-9-20(32-3)15-17(21)2/h4-15,29H,1,16,27H2,2-3H3,(H,28,31)/b14-13-. The summed E-state index contributed by atoms with van der Waals surface area (Å²) < 4.78 is 5.23. The molecule has 0 bridgehead atoms. The Morgan fingerprint density at radius 3 is 2.52 bits per heavy atom. The van der Waals surface area contributed by atoms with Gasteiger partial charge in [-0.15, -0.1) is 0 Å². The minimum atomic E-state index is -0.189. The second kappa shape index (κ2) is 11.2. The predicted molar refractivity (Wildman–Crippen MR) is 139 cm³/mol. The van der Waals surface area contributed by atoms with Crippen LogP contribution in [0.25, 0.3) is 0 Å². The van der Waals surface area contributed by atoms with E-state index in [1.54, 1.807) is 25.6 Å². The van der Waals surface area contributed by atoms with Crippen molar-refractivity contribution in [1.82, 2.24) is 4.90 Å². The SMILES string of the molecule is [B]=C(Nc1ccc(OC)cc1C)c1ccc(C(=O)Nc2ccc(CN(C=C)/C=C\N)cc2)s1. The Balaban J connectivity index is 1.61. The minimum absolute atomic E-state index is 0.189. The van der Waals surface area contributed by atoms with Crippen molar-refractivity contribution >= 4 is 41.7 Å². The first-order valence-electron chi connectivity index (χ1n) is 10.2. The van der Waals surface area contributed by atoms with Gasteiger partial charge < -0.3 is 5.73 Å². The first-order valence-corrected chi connectivity index (χ1v) is 11.1. The predicted octanol–water partition coefficient (Wildman–Crippen LogP) is 4.45. The summed E-state index contributed by atoms with van der Waals surface area (Å²) in [4.78, 5) is 15.9. The molecule has 1 heterocycles. The summed E-state index contributed by atoms with van der Waals surface area (Å²) in [7, 11) is 7.88. The van der Waals surface area contributed by atoms with Crippen LogP contribution in [-0.4, -0.2) is 31.0 Å². The molecular formula is C25H26BN4O2S. The van der Waals surface area contributed by atoms with Gasteiger partial charge in [-0.2, -0.15) is 0 Å². The number of aryl methyl sites for hydroxylation is 1. The molecule has 1 radical (unpaired) electrons. The second-order valence-corrected chi connectivity index (χ2v) is 8.31. The van der Waals surface area contributed by atoms with Crippen LogP contribution in [0.15, 0.2) is 79.8 Å². The van der Waals surface area contributed by atoms with E-state index in [1.807, 2.05) is 60.4 Å². The Morgan fingerprint density at radius 2 is 1.88 bits per heavy atom. The van der Waals surface area contributed by atoms with E-state index in [2.05, 4.69) is 17.2 Å². The molecular weight excluding hydrogens is 431 g/mol. The molecule has 33 heavy (non-hydrogen) atoms. The summed E-state index contributed by atoms with van der Waals surface area (Å²) in [6.45, 7) is 6.37. The van der Waals surface area contributed by atoms with Crippen LogP contribution in [0.1, 0.15) is 25.7 Å². The molecule has 4 N–H and O–H groups in total. The summed E-state index contributed by atoms with van der Waals surface area (Å²) in [6, 6.07) is 16.9. The fourth-order valence-electron chi connectivity index (χ4n) is 3.10. The van der Waals surface area contributed by atoms with Crippen molar-refractivity contribution in [2.24, 2.45) is 5.73 Å². The molecule has 167 valence electrons. The third-order valence-corrected chi connectivity index (χ3v) is 6.00. The first-order chi connectivity index (χ1) is 15.9. The number of nitrogens with two attached hydrogens (primary N) is 1. The van der Waals surface area contributed by atoms with Gasteiger partial charge in [-0.05, 0) is 6.20 Å². The number of carbonyl (C=O) groups excluding carboxylic acids is 1. The molecule has 0 aliphatic heterocycles. The molecule has 0 fully saturated rings. The van der Waals surface area contributed by atoms with E-state index in [0.29, 0.717) is 22.7 Å². The molecule has 3 rings (SSSR count). The maximum absolute atomic E-state index is 12.7. The van der Waals surface area contributed by atoms with Gasteiger partial charge in [-0.3, -0.25) is 0 Å². The van der Waals surface area contributed by atoms with Crippen LogP contribution in [0.2, 0.25) is 0 Å². The van der Waals surface area contributed by atoms with Crippen LogP contribution in [0.5, 0.6) is 5.75 Å². The van der Waals surface area contributed by atoms with Crippen molar-refractivity contribution in [3.63, 3.8) is 0 Å². The van der Waals surface area contributed by atoms with Crippen molar-refractivity contribution in [3.05, 3.63) is 101 Å². The molecule has 0 aliphatic rings. The number of rotatable bonds is 10. The third kappa shape index (κ3) is 6.36. The monoisotopic (exact) mass is 457 g/mol. The van der Waals surface area contributed by atoms with Crippen LogP contribution < -0.4 is 21.1 Å². The maximum atomic E-state index is 12.7. The number of anilines is 2. The van der Waals surface area contributed by atoms with Gasteiger partial charge in [-0.25, -0.2) is 0 Å². The Morgan fingerprint density at radius 1 is 1.15 bits per heavy atom. The van der Waals surface area contributed by atoms with Gasteiger partial charge in [0.2, 0.25) is 0 Å². The number of ether oxygens (including phenoxy) is 1. The zero-order chi connectivity index (χ0) is 23.8. The molecule has 0 spiro atoms. The molecule has 6 nitrogen and oxygen atoms in total. The van der Waals surface area contributed by atoms with Gasteiger partial charge in [0.25, 0.3) is 0 Å². The Labute approximate surface area is 199 Å². The first kappa shape index (κ1) is 23.9. The Hall–Kier alpha value is -3.78. The molecule has 8 heteroatoms. The number of nitrogens with one attached hydrogen (secondary N) is 2. The van der Waals surface area contributed by atoms with Crippen LogP contribution in [0.4, 0.5) is 11.4 Å². The van der Waals surface area contributed by atoms with E-state index in [9.17, 15) is 4.79 Å². The van der Waals surface area contributed by atoms with Crippen molar-refractivity contribution in [2.75, 3.05) is 17.7 Å². The second-order valence-electron chi connectivity index (χ2n) is 7.23. The number of nitrogens with zero attached hydrogens (tertiary/aromatic N) is 1. The van der Waals surface area contributed by atoms with E-state index in [-0.39, 0.29) is 5.91 Å². The Kier molecular flexibility index (Phi) is 8.10. The fourth-order valence-corrected chi connectivity index (χ4v) is 3.91. The summed E-state index contributed by atoms with van der Waals surface area (Å²) in [5.41, 5.74) is 9.57. The summed E-state index contributed by atoms with van der Waals surface area (Å²) in [5, 5.41) is 6.13. The fraction of sp³-hybridized carbons (Fsp3) is 0.120. The van der Waals surface area contributed by atoms with E-state index in [4.69, 9.17) is 18.0 Å². The molecule has 1 amide bonds. The van der Waals surface area contributed by atoms with Crippen molar-refractivity contribution in [1.29, 1.82) is 0 Å². The van der Waals surface area contributed by atoms with Crippen LogP contribution in [0.3, 0.4) is 0 Å². The average Bonchev–Trinajstić information content (AvgIpc) is 3.32. The number of benzene rings is 2. The molecule has 2 aromatic carbocycles. The quantitative estimate of drug-likeness (QED) is 0.392. The summed E-state index contributed by atoms with van der Waals surface area (Å²) in [5.74, 6) is 0.594. The number of hydrogen-bond acceptors (Lipinski definition) is 6. The van der Waals surface area contributed by atoms with Gasteiger partial charge in [0.15, 0.2) is 0 Å². The molecule has 3 aromatic rings. The zero-order valence-electron chi connectivity index (χ0n) is 18.7. The molecule has 0 saturated carbocycles. The Bertz CT molecular complexity index is 1170. The average molecular weight is 457 g/mol. The molecule has 0 saturated heterocycles. The normalized spacial score (nSPS) is 10.6. The topological polar surface area (TPSA) is 79.6 Å². The number of carbonyl (C=O) groups is 1. The van der Waals surface area contributed by atoms with Gasteiger partial charge in [0, 0.05) is 12.4 Å². The van der Waals surface area contributed by atoms with Crippen molar-refractivity contribution < 1.29 is 9.53 Å². The number of methoxy groups -OCH3 is 1. The molecule has 0 aliphatic carbocycles. The van der Waals surface area contributed by atoms with E-state index in [1.165, 1.54) is 17.5 Å². The molecule has 1 aromatic heterocycles. The number of hydrogen-bond donors (Lipinski definition) is 3. The van der Waals surface area contributed by atoms with E-state index >= 15 is 0 Å². The van der Waals surface area contributed by atoms with Crippen molar-refractivity contribution in [3.8, 4) is 5.75 Å².